The van der Waals surface area contributed by atoms with E-state index < -0.39 is 30.3 Å². The van der Waals surface area contributed by atoms with Crippen molar-refractivity contribution in [3.63, 3.8) is 0 Å². The highest BCUT2D eigenvalue weighted by molar-refractivity contribution is 7.08. The van der Waals surface area contributed by atoms with Gasteiger partial charge in [0.15, 0.2) is 13.2 Å². The smallest absolute Gasteiger partial charge is 0.316 e. The predicted octanol–water partition coefficient (Wildman–Crippen LogP) is 8.34. The Hall–Kier alpha value is -2.86. The Morgan fingerprint density at radius 3 is 1.68 bits per heavy atom. The summed E-state index contributed by atoms with van der Waals surface area (Å²) < 4.78 is 0. The molecule has 2 atom stereocenters. The van der Waals surface area contributed by atoms with Crippen molar-refractivity contribution in [3.05, 3.63) is 83.3 Å². The summed E-state index contributed by atoms with van der Waals surface area (Å²) in [7, 11) is -3.60. The van der Waals surface area contributed by atoms with Gasteiger partial charge in [-0.1, -0.05) is 180 Å². The van der Waals surface area contributed by atoms with Crippen LogP contribution in [0, 0.1) is 0 Å². The molecule has 2 aromatic rings. The quantitative estimate of drug-likeness (QED) is 0.0437. The lowest BCUT2D eigenvalue weighted by Gasteiger charge is -2.53. The number of aliphatic hydroxyl groups excluding tert-OH is 1. The number of rotatable bonds is 19. The Bertz CT molecular complexity index is 1070. The molecule has 0 saturated heterocycles. The molecule has 0 saturated carbocycles. The molecule has 0 radical (unpaired) electrons. The molecular formula is C34H51N3O3Si. The third-order valence-electron chi connectivity index (χ3n) is 8.36. The minimum absolute atomic E-state index is 0.646. The van der Waals surface area contributed by atoms with Crippen LogP contribution in [-0.2, 0) is 4.79 Å². The van der Waals surface area contributed by atoms with Crippen LogP contribution >= 0.6 is 0 Å². The zero-order valence-electron chi connectivity index (χ0n) is 25.6. The van der Waals surface area contributed by atoms with Crippen molar-refractivity contribution in [1.29, 1.82) is 0 Å². The number of allylic oxidation sites excluding steroid dienone is 1. The number of aliphatic carboxylic acids is 1. The van der Waals surface area contributed by atoms with E-state index >= 15 is 0 Å². The first-order valence-electron chi connectivity index (χ1n) is 15.5. The first kappa shape index (κ1) is 34.3. The molecule has 2 aromatic carbocycles. The Labute approximate surface area is 248 Å². The molecular weight excluding hydrogens is 526 g/mol. The van der Waals surface area contributed by atoms with Crippen molar-refractivity contribution in [2.75, 3.05) is 0 Å². The van der Waals surface area contributed by atoms with Gasteiger partial charge in [-0.2, -0.15) is 0 Å². The fourth-order valence-corrected chi connectivity index (χ4v) is 13.0. The summed E-state index contributed by atoms with van der Waals surface area (Å²) in [6.07, 6.45) is 16.4. The van der Waals surface area contributed by atoms with Crippen molar-refractivity contribution in [3.8, 4) is 0 Å². The minimum Gasteiger partial charge on any atom is -0.481 e. The van der Waals surface area contributed by atoms with E-state index in [1.54, 1.807) is 6.08 Å². The van der Waals surface area contributed by atoms with E-state index in [2.05, 4.69) is 16.9 Å². The van der Waals surface area contributed by atoms with Gasteiger partial charge in [-0.25, -0.2) is 0 Å². The van der Waals surface area contributed by atoms with Crippen LogP contribution in [0.2, 0.25) is 5.04 Å². The molecule has 0 unspecified atom stereocenters. The molecule has 224 valence electrons. The largest absolute Gasteiger partial charge is 0.481 e. The van der Waals surface area contributed by atoms with Gasteiger partial charge in [0.25, 0.3) is 0 Å². The number of unbranched alkanes of at least 4 members (excludes halogenated alkanes) is 11. The van der Waals surface area contributed by atoms with E-state index in [-0.39, 0.29) is 0 Å². The molecule has 0 amide bonds. The Kier molecular flexibility index (Phi) is 14.4. The van der Waals surface area contributed by atoms with E-state index in [1.165, 1.54) is 57.8 Å². The summed E-state index contributed by atoms with van der Waals surface area (Å²) in [6, 6.07) is 18.9. The number of carboxylic acid groups (broad SMARTS) is 1. The highest BCUT2D eigenvalue weighted by Gasteiger charge is 2.68. The average molecular weight is 578 g/mol. The molecule has 7 heteroatoms. The molecule has 0 aliphatic carbocycles. The van der Waals surface area contributed by atoms with Gasteiger partial charge >= 0.3 is 5.97 Å². The number of nitrogens with zero attached hydrogens (tertiary/aromatic N) is 3. The number of hydrogen-bond acceptors (Lipinski definition) is 3. The van der Waals surface area contributed by atoms with Gasteiger partial charge in [0.1, 0.15) is 0 Å². The summed E-state index contributed by atoms with van der Waals surface area (Å²) >= 11 is 0. The molecule has 0 aliphatic heterocycles. The minimum atomic E-state index is -3.60. The van der Waals surface area contributed by atoms with Crippen LogP contribution < -0.4 is 10.4 Å². The lowest BCUT2D eigenvalue weighted by Crippen LogP contribution is -2.82. The number of carboxylic acids is 1. The molecule has 0 spiro atoms. The van der Waals surface area contributed by atoms with Gasteiger partial charge in [-0.05, 0) is 23.4 Å². The standard InChI is InChI=1S/C34H51N3O3Si/c1-5-6-7-8-9-10-11-12-13-14-15-16-23-28-31(38)34(32(39)40,36-37-35)41(33(2,3)4,29-24-19-17-20-25-29)30-26-21-18-22-27-30/h17-28,31,38H,5-16H2,1-4H3,(H,39,40)/b28-23+/t31-,34+/m1/s1. The Morgan fingerprint density at radius 2 is 1.29 bits per heavy atom. The van der Waals surface area contributed by atoms with Gasteiger partial charge in [-0.3, -0.25) is 4.79 Å². The van der Waals surface area contributed by atoms with E-state index in [1.807, 2.05) is 87.5 Å². The molecule has 41 heavy (non-hydrogen) atoms. The third-order valence-corrected chi connectivity index (χ3v) is 14.8. The fourth-order valence-electron chi connectivity index (χ4n) is 6.47. The maximum absolute atomic E-state index is 13.4. The summed E-state index contributed by atoms with van der Waals surface area (Å²) in [5.74, 6) is -1.31. The second kappa shape index (κ2) is 17.2. The second-order valence-electron chi connectivity index (χ2n) is 12.2. The second-order valence-corrected chi connectivity index (χ2v) is 17.1. The fraction of sp³-hybridized carbons (Fsp3) is 0.559. The normalized spacial score (nSPS) is 14.4. The molecule has 0 heterocycles. The average Bonchev–Trinajstić information content (AvgIpc) is 2.95. The number of carbonyl (C=O) groups is 1. The topological polar surface area (TPSA) is 106 Å². The number of hydrogen-bond donors (Lipinski definition) is 2. The van der Waals surface area contributed by atoms with Gasteiger partial charge in [-0.15, -0.1) is 0 Å². The van der Waals surface area contributed by atoms with Crippen LogP contribution in [0.4, 0.5) is 0 Å². The van der Waals surface area contributed by atoms with Crippen molar-refractivity contribution >= 4 is 24.4 Å². The zero-order valence-corrected chi connectivity index (χ0v) is 26.6. The van der Waals surface area contributed by atoms with Gasteiger partial charge in [0, 0.05) is 4.91 Å². The predicted molar refractivity (Wildman–Crippen MR) is 173 cm³/mol. The molecule has 0 aliphatic rings. The summed E-state index contributed by atoms with van der Waals surface area (Å²) in [6.45, 7) is 8.22. The van der Waals surface area contributed by atoms with Gasteiger partial charge in [0.05, 0.1) is 6.10 Å². The lowest BCUT2D eigenvalue weighted by molar-refractivity contribution is -0.143. The van der Waals surface area contributed by atoms with Crippen molar-refractivity contribution in [2.45, 2.75) is 121 Å². The molecule has 0 fully saturated rings. The highest BCUT2D eigenvalue weighted by atomic mass is 28.3. The van der Waals surface area contributed by atoms with Crippen LogP contribution in [0.25, 0.3) is 10.4 Å². The molecule has 0 aromatic heterocycles. The van der Waals surface area contributed by atoms with Crippen molar-refractivity contribution in [1.82, 2.24) is 0 Å². The lowest BCUT2D eigenvalue weighted by atomic mass is 10.0. The zero-order chi connectivity index (χ0) is 30.2. The SMILES string of the molecule is CCCCCCCCCCCCC/C=C/[C@@H](O)[C@@](N=[N+]=[N-])(C(=O)O)[Si](c1ccccc1)(c1ccccc1)C(C)(C)C. The molecule has 2 rings (SSSR count). The number of azide groups is 1. The first-order valence-corrected chi connectivity index (χ1v) is 17.5. The first-order chi connectivity index (χ1) is 19.7. The third kappa shape index (κ3) is 8.34. The highest BCUT2D eigenvalue weighted by Crippen LogP contribution is 2.46. The Morgan fingerprint density at radius 1 is 0.854 bits per heavy atom. The summed E-state index contributed by atoms with van der Waals surface area (Å²) in [5, 5.41) is 25.6. The van der Waals surface area contributed by atoms with E-state index in [4.69, 9.17) is 0 Å². The maximum Gasteiger partial charge on any atom is 0.316 e. The van der Waals surface area contributed by atoms with Crippen molar-refractivity contribution < 1.29 is 15.0 Å². The van der Waals surface area contributed by atoms with Crippen LogP contribution in [0.15, 0.2) is 77.9 Å². The van der Waals surface area contributed by atoms with Gasteiger partial charge < -0.3 is 10.2 Å². The molecule has 2 N–H and O–H groups in total. The summed E-state index contributed by atoms with van der Waals surface area (Å²) in [4.78, 5) is 16.5. The Balaban J connectivity index is 2.29. The van der Waals surface area contributed by atoms with Crippen LogP contribution in [-0.4, -0.2) is 35.5 Å². The summed E-state index contributed by atoms with van der Waals surface area (Å²) in [5.41, 5.74) is 9.79. The van der Waals surface area contributed by atoms with Gasteiger partial charge in [0.2, 0.25) is 0 Å². The van der Waals surface area contributed by atoms with E-state index in [0.717, 1.165) is 29.6 Å². The van der Waals surface area contributed by atoms with Crippen LogP contribution in [0.5, 0.6) is 0 Å². The van der Waals surface area contributed by atoms with E-state index in [9.17, 15) is 20.5 Å². The van der Waals surface area contributed by atoms with Crippen LogP contribution in [0.3, 0.4) is 0 Å². The van der Waals surface area contributed by atoms with Crippen LogP contribution in [0.1, 0.15) is 105 Å². The number of benzene rings is 2. The molecule has 0 bridgehead atoms. The molecule has 6 nitrogen and oxygen atoms in total. The van der Waals surface area contributed by atoms with E-state index in [0.29, 0.717) is 0 Å². The number of aliphatic hydroxyl groups is 1. The monoisotopic (exact) mass is 577 g/mol. The van der Waals surface area contributed by atoms with Crippen molar-refractivity contribution in [2.24, 2.45) is 5.11 Å². The maximum atomic E-state index is 13.4.